The van der Waals surface area contributed by atoms with Gasteiger partial charge in [0.25, 0.3) is 0 Å². The third-order valence-electron chi connectivity index (χ3n) is 3.15. The number of benzene rings is 2. The van der Waals surface area contributed by atoms with Gasteiger partial charge in [-0.25, -0.2) is 4.39 Å². The van der Waals surface area contributed by atoms with E-state index in [-0.39, 0.29) is 17.0 Å². The molecule has 2 aromatic carbocycles. The molecule has 1 atom stereocenters. The number of hydrogen-bond acceptors (Lipinski definition) is 4. The highest BCUT2D eigenvalue weighted by Crippen LogP contribution is 2.33. The first kappa shape index (κ1) is 17.1. The molecule has 4 nitrogen and oxygen atoms in total. The molecule has 6 heteroatoms. The highest BCUT2D eigenvalue weighted by atomic mass is 32.2. The number of hydrogen-bond donors (Lipinski definition) is 1. The third kappa shape index (κ3) is 4.63. The van der Waals surface area contributed by atoms with Gasteiger partial charge in [-0.15, -0.1) is 11.8 Å². The Morgan fingerprint density at radius 3 is 2.35 bits per heavy atom. The highest BCUT2D eigenvalue weighted by molar-refractivity contribution is 8.00. The van der Waals surface area contributed by atoms with Gasteiger partial charge >= 0.3 is 0 Å². The minimum Gasteiger partial charge on any atom is -0.493 e. The van der Waals surface area contributed by atoms with Crippen molar-refractivity contribution in [2.24, 2.45) is 0 Å². The molecule has 0 saturated heterocycles. The molecule has 0 aliphatic heterocycles. The number of carbonyl (C=O) groups is 1. The molecule has 1 unspecified atom stereocenters. The lowest BCUT2D eigenvalue weighted by atomic mass is 10.3. The number of amides is 1. The van der Waals surface area contributed by atoms with Crippen LogP contribution in [0, 0.1) is 5.82 Å². The van der Waals surface area contributed by atoms with Gasteiger partial charge in [-0.2, -0.15) is 0 Å². The van der Waals surface area contributed by atoms with Gasteiger partial charge in [0.15, 0.2) is 11.5 Å². The number of nitrogens with one attached hydrogen (secondary N) is 1. The van der Waals surface area contributed by atoms with Crippen molar-refractivity contribution in [2.75, 3.05) is 19.5 Å². The number of methoxy groups -OCH3 is 2. The van der Waals surface area contributed by atoms with Crippen LogP contribution in [-0.4, -0.2) is 25.4 Å². The maximum Gasteiger partial charge on any atom is 0.237 e. The van der Waals surface area contributed by atoms with Crippen molar-refractivity contribution in [1.82, 2.24) is 0 Å². The summed E-state index contributed by atoms with van der Waals surface area (Å²) in [4.78, 5) is 13.1. The van der Waals surface area contributed by atoms with Gasteiger partial charge in [-0.05, 0) is 49.4 Å². The van der Waals surface area contributed by atoms with Crippen LogP contribution < -0.4 is 14.8 Å². The fraction of sp³-hybridized carbons (Fsp3) is 0.235. The zero-order valence-corrected chi connectivity index (χ0v) is 13.9. The van der Waals surface area contributed by atoms with E-state index >= 15 is 0 Å². The number of thioether (sulfide) groups is 1. The van der Waals surface area contributed by atoms with E-state index in [1.807, 2.05) is 12.1 Å². The van der Waals surface area contributed by atoms with E-state index < -0.39 is 0 Å². The van der Waals surface area contributed by atoms with Crippen molar-refractivity contribution < 1.29 is 18.7 Å². The molecule has 0 fully saturated rings. The second-order valence-electron chi connectivity index (χ2n) is 4.77. The van der Waals surface area contributed by atoms with Crippen LogP contribution in [0.3, 0.4) is 0 Å². The SMILES string of the molecule is COc1ccc(SC(C)C(=O)Nc2ccc(F)cc2)cc1OC. The molecule has 0 saturated carbocycles. The molecule has 0 aliphatic carbocycles. The van der Waals surface area contributed by atoms with Gasteiger partial charge in [-0.1, -0.05) is 0 Å². The minimum absolute atomic E-state index is 0.156. The van der Waals surface area contributed by atoms with Crippen LogP contribution in [0.25, 0.3) is 0 Å². The standard InChI is InChI=1S/C17H18FNO3S/c1-11(17(20)19-13-6-4-12(18)5-7-13)23-14-8-9-15(21-2)16(10-14)22-3/h4-11H,1-3H3,(H,19,20). The van der Waals surface area contributed by atoms with Gasteiger partial charge in [0.1, 0.15) is 5.82 Å². The van der Waals surface area contributed by atoms with Gasteiger partial charge in [0.05, 0.1) is 19.5 Å². The van der Waals surface area contributed by atoms with Crippen molar-refractivity contribution in [2.45, 2.75) is 17.1 Å². The van der Waals surface area contributed by atoms with Gasteiger partial charge < -0.3 is 14.8 Å². The molecule has 1 N–H and O–H groups in total. The first-order valence-corrected chi connectivity index (χ1v) is 7.86. The molecule has 0 aromatic heterocycles. The predicted octanol–water partition coefficient (Wildman–Crippen LogP) is 3.96. The van der Waals surface area contributed by atoms with E-state index in [0.29, 0.717) is 17.2 Å². The Bertz CT molecular complexity index is 676. The fourth-order valence-electron chi connectivity index (χ4n) is 1.92. The molecule has 122 valence electrons. The summed E-state index contributed by atoms with van der Waals surface area (Å²) in [6.07, 6.45) is 0. The molecule has 2 aromatic rings. The number of halogens is 1. The Morgan fingerprint density at radius 1 is 1.09 bits per heavy atom. The van der Waals surface area contributed by atoms with Gasteiger partial charge in [-0.3, -0.25) is 4.79 Å². The van der Waals surface area contributed by atoms with Crippen molar-refractivity contribution in [3.8, 4) is 11.5 Å². The Kier molecular flexibility index (Phi) is 5.87. The fourth-order valence-corrected chi connectivity index (χ4v) is 2.82. The van der Waals surface area contributed by atoms with E-state index in [2.05, 4.69) is 5.32 Å². The van der Waals surface area contributed by atoms with Crippen molar-refractivity contribution in [3.63, 3.8) is 0 Å². The van der Waals surface area contributed by atoms with E-state index in [9.17, 15) is 9.18 Å². The zero-order valence-electron chi connectivity index (χ0n) is 13.1. The molecule has 0 aliphatic rings. The average molecular weight is 335 g/mol. The molecule has 0 heterocycles. The number of carbonyl (C=O) groups excluding carboxylic acids is 1. The molecule has 1 amide bonds. The van der Waals surface area contributed by atoms with Crippen LogP contribution in [0.1, 0.15) is 6.92 Å². The van der Waals surface area contributed by atoms with Crippen LogP contribution in [0.5, 0.6) is 11.5 Å². The third-order valence-corrected chi connectivity index (χ3v) is 4.24. The Morgan fingerprint density at radius 2 is 1.74 bits per heavy atom. The number of anilines is 1. The zero-order chi connectivity index (χ0) is 16.8. The molecule has 0 spiro atoms. The van der Waals surface area contributed by atoms with E-state index in [4.69, 9.17) is 9.47 Å². The van der Waals surface area contributed by atoms with Crippen LogP contribution in [0.2, 0.25) is 0 Å². The summed E-state index contributed by atoms with van der Waals surface area (Å²) in [6, 6.07) is 11.2. The molecule has 2 rings (SSSR count). The van der Waals surface area contributed by atoms with Crippen molar-refractivity contribution in [1.29, 1.82) is 0 Å². The van der Waals surface area contributed by atoms with Crippen molar-refractivity contribution in [3.05, 3.63) is 48.3 Å². The molecule has 0 bridgehead atoms. The average Bonchev–Trinajstić information content (AvgIpc) is 2.56. The maximum absolute atomic E-state index is 12.9. The summed E-state index contributed by atoms with van der Waals surface area (Å²) in [5, 5.41) is 2.44. The lowest BCUT2D eigenvalue weighted by molar-refractivity contribution is -0.115. The topological polar surface area (TPSA) is 47.6 Å². The van der Waals surface area contributed by atoms with E-state index in [1.165, 1.54) is 36.0 Å². The maximum atomic E-state index is 12.9. The molecular weight excluding hydrogens is 317 g/mol. The number of rotatable bonds is 6. The lowest BCUT2D eigenvalue weighted by Crippen LogP contribution is -2.22. The van der Waals surface area contributed by atoms with E-state index in [0.717, 1.165) is 4.90 Å². The van der Waals surface area contributed by atoms with Crippen molar-refractivity contribution >= 4 is 23.4 Å². The smallest absolute Gasteiger partial charge is 0.237 e. The Labute approximate surface area is 139 Å². The summed E-state index contributed by atoms with van der Waals surface area (Å²) >= 11 is 1.40. The first-order chi connectivity index (χ1) is 11.0. The summed E-state index contributed by atoms with van der Waals surface area (Å²) in [6.45, 7) is 1.81. The lowest BCUT2D eigenvalue weighted by Gasteiger charge is -2.14. The monoisotopic (exact) mass is 335 g/mol. The van der Waals surface area contributed by atoms with Crippen LogP contribution in [0.4, 0.5) is 10.1 Å². The summed E-state index contributed by atoms with van der Waals surface area (Å²) in [7, 11) is 3.14. The summed E-state index contributed by atoms with van der Waals surface area (Å²) < 4.78 is 23.3. The van der Waals surface area contributed by atoms with Gasteiger partial charge in [0, 0.05) is 10.6 Å². The van der Waals surface area contributed by atoms with E-state index in [1.54, 1.807) is 27.2 Å². The summed E-state index contributed by atoms with van der Waals surface area (Å²) in [5.41, 5.74) is 0.566. The Hall–Kier alpha value is -2.21. The second-order valence-corrected chi connectivity index (χ2v) is 6.19. The summed E-state index contributed by atoms with van der Waals surface area (Å²) in [5.74, 6) is 0.760. The highest BCUT2D eigenvalue weighted by Gasteiger charge is 2.16. The van der Waals surface area contributed by atoms with Crippen LogP contribution in [-0.2, 0) is 4.79 Å². The van der Waals surface area contributed by atoms with Crippen LogP contribution >= 0.6 is 11.8 Å². The molecule has 0 radical (unpaired) electrons. The largest absolute Gasteiger partial charge is 0.493 e. The number of ether oxygens (including phenoxy) is 2. The Balaban J connectivity index is 2.01. The first-order valence-electron chi connectivity index (χ1n) is 6.98. The van der Waals surface area contributed by atoms with Gasteiger partial charge in [0.2, 0.25) is 5.91 Å². The normalized spacial score (nSPS) is 11.7. The second kappa shape index (κ2) is 7.87. The van der Waals surface area contributed by atoms with Crippen LogP contribution in [0.15, 0.2) is 47.4 Å². The molecular formula is C17H18FNO3S. The predicted molar refractivity (Wildman–Crippen MR) is 89.9 cm³/mol. The quantitative estimate of drug-likeness (QED) is 0.812. The molecule has 23 heavy (non-hydrogen) atoms. The minimum atomic E-state index is -0.337.